The van der Waals surface area contributed by atoms with Gasteiger partial charge in [-0.3, -0.25) is 9.59 Å². The van der Waals surface area contributed by atoms with Gasteiger partial charge in [0.15, 0.2) is 0 Å². The van der Waals surface area contributed by atoms with Crippen LogP contribution in [0.4, 0.5) is 0 Å². The third-order valence-corrected chi connectivity index (χ3v) is 2.59. The Morgan fingerprint density at radius 3 is 2.27 bits per heavy atom. The molecule has 0 rings (SSSR count). The summed E-state index contributed by atoms with van der Waals surface area (Å²) in [7, 11) is 0. The Morgan fingerprint density at radius 2 is 1.93 bits per heavy atom. The van der Waals surface area contributed by atoms with Crippen LogP contribution in [0.1, 0.15) is 39.5 Å². The predicted molar refractivity (Wildman–Crippen MR) is 55.5 cm³/mol. The molecule has 4 nitrogen and oxygen atoms in total. The van der Waals surface area contributed by atoms with Crippen LogP contribution >= 0.6 is 0 Å². The topological polar surface area (TPSA) is 71.4 Å². The van der Waals surface area contributed by atoms with E-state index in [0.29, 0.717) is 12.8 Å². The number of carbonyl (C=O) groups excluding carboxylic acids is 2. The molecular formula is C11H18O4. The van der Waals surface area contributed by atoms with Gasteiger partial charge in [-0.25, -0.2) is 0 Å². The first-order valence-corrected chi connectivity index (χ1v) is 5.26. The first-order valence-electron chi connectivity index (χ1n) is 5.26. The fraction of sp³-hybridized carbons (Fsp3) is 0.727. The Bertz CT molecular complexity index is 235. The molecule has 86 valence electrons. The van der Waals surface area contributed by atoms with E-state index in [2.05, 4.69) is 0 Å². The number of hydrogen-bond acceptors (Lipinski definition) is 3. The zero-order valence-corrected chi connectivity index (χ0v) is 9.23. The van der Waals surface area contributed by atoms with E-state index < -0.39 is 11.9 Å². The summed E-state index contributed by atoms with van der Waals surface area (Å²) in [5.74, 6) is -1.70. The van der Waals surface area contributed by atoms with E-state index in [-0.39, 0.29) is 24.5 Å². The van der Waals surface area contributed by atoms with Crippen LogP contribution in [-0.2, 0) is 14.4 Å². The lowest BCUT2D eigenvalue weighted by Crippen LogP contribution is -2.25. The Morgan fingerprint density at radius 1 is 1.33 bits per heavy atom. The van der Waals surface area contributed by atoms with E-state index in [1.165, 1.54) is 0 Å². The lowest BCUT2D eigenvalue weighted by atomic mass is 9.83. The number of rotatable bonds is 8. The van der Waals surface area contributed by atoms with E-state index in [1.54, 1.807) is 6.92 Å². The van der Waals surface area contributed by atoms with Gasteiger partial charge in [0.1, 0.15) is 12.1 Å². The van der Waals surface area contributed by atoms with Crippen molar-refractivity contribution in [2.45, 2.75) is 39.5 Å². The van der Waals surface area contributed by atoms with Gasteiger partial charge in [0.05, 0.1) is 0 Å². The number of aldehydes is 1. The molecule has 0 bridgehead atoms. The maximum atomic E-state index is 11.5. The molecule has 0 aliphatic heterocycles. The highest BCUT2D eigenvalue weighted by atomic mass is 16.4. The van der Waals surface area contributed by atoms with Gasteiger partial charge in [-0.15, -0.1) is 0 Å². The van der Waals surface area contributed by atoms with Gasteiger partial charge in [0.2, 0.25) is 0 Å². The molecule has 4 heteroatoms. The fourth-order valence-electron chi connectivity index (χ4n) is 1.63. The lowest BCUT2D eigenvalue weighted by Gasteiger charge is -2.19. The molecule has 0 amide bonds. The Balaban J connectivity index is 4.48. The molecular weight excluding hydrogens is 196 g/mol. The quantitative estimate of drug-likeness (QED) is 0.624. The molecule has 0 aliphatic rings. The van der Waals surface area contributed by atoms with Gasteiger partial charge in [0.25, 0.3) is 0 Å². The van der Waals surface area contributed by atoms with Gasteiger partial charge in [-0.2, -0.15) is 0 Å². The summed E-state index contributed by atoms with van der Waals surface area (Å²) in [6.45, 7) is 3.56. The molecule has 0 heterocycles. The van der Waals surface area contributed by atoms with Crippen molar-refractivity contribution in [1.82, 2.24) is 0 Å². The number of carboxylic acids is 1. The van der Waals surface area contributed by atoms with Crippen LogP contribution in [-0.4, -0.2) is 23.1 Å². The minimum atomic E-state index is -0.926. The van der Waals surface area contributed by atoms with E-state index in [0.717, 1.165) is 6.29 Å². The van der Waals surface area contributed by atoms with Gasteiger partial charge >= 0.3 is 5.97 Å². The summed E-state index contributed by atoms with van der Waals surface area (Å²) >= 11 is 0. The molecule has 0 aliphatic carbocycles. The smallest absolute Gasteiger partial charge is 0.303 e. The molecule has 0 aromatic carbocycles. The van der Waals surface area contributed by atoms with Crippen molar-refractivity contribution in [3.05, 3.63) is 0 Å². The van der Waals surface area contributed by atoms with Crippen LogP contribution in [0.15, 0.2) is 0 Å². The van der Waals surface area contributed by atoms with Crippen molar-refractivity contribution in [2.75, 3.05) is 0 Å². The maximum Gasteiger partial charge on any atom is 0.303 e. The van der Waals surface area contributed by atoms with E-state index in [4.69, 9.17) is 5.11 Å². The predicted octanol–water partition coefficient (Wildman–Crippen LogP) is 1.67. The summed E-state index contributed by atoms with van der Waals surface area (Å²) in [5.41, 5.74) is 0. The summed E-state index contributed by atoms with van der Waals surface area (Å²) in [6.07, 6.45) is 1.91. The van der Waals surface area contributed by atoms with Crippen LogP contribution in [0.5, 0.6) is 0 Å². The largest absolute Gasteiger partial charge is 0.481 e. The normalized spacial score (nSPS) is 14.3. The van der Waals surface area contributed by atoms with E-state index in [9.17, 15) is 14.4 Å². The van der Waals surface area contributed by atoms with Gasteiger partial charge < -0.3 is 9.90 Å². The third-order valence-electron chi connectivity index (χ3n) is 2.59. The first-order chi connectivity index (χ1) is 7.06. The zero-order chi connectivity index (χ0) is 11.8. The highest BCUT2D eigenvalue weighted by Crippen LogP contribution is 2.21. The molecule has 2 unspecified atom stereocenters. The summed E-state index contributed by atoms with van der Waals surface area (Å²) < 4.78 is 0. The molecule has 0 fully saturated rings. The van der Waals surface area contributed by atoms with Crippen LogP contribution in [0.3, 0.4) is 0 Å². The standard InChI is InChI=1S/C11H18O4/c1-3-8(7-12)9(10(13)4-2)5-6-11(14)15/h7-9H,3-6H2,1-2H3,(H,14,15). The zero-order valence-electron chi connectivity index (χ0n) is 9.23. The van der Waals surface area contributed by atoms with Crippen LogP contribution < -0.4 is 0 Å². The van der Waals surface area contributed by atoms with Crippen molar-refractivity contribution in [3.8, 4) is 0 Å². The molecule has 0 saturated heterocycles. The average Bonchev–Trinajstić information content (AvgIpc) is 2.22. The fourth-order valence-corrected chi connectivity index (χ4v) is 1.63. The monoisotopic (exact) mass is 214 g/mol. The first kappa shape index (κ1) is 13.8. The number of carboxylic acid groups (broad SMARTS) is 1. The highest BCUT2D eigenvalue weighted by Gasteiger charge is 2.25. The number of carbonyl (C=O) groups is 3. The number of hydrogen-bond donors (Lipinski definition) is 1. The van der Waals surface area contributed by atoms with Gasteiger partial charge in [-0.1, -0.05) is 13.8 Å². The van der Waals surface area contributed by atoms with Crippen molar-refractivity contribution in [3.63, 3.8) is 0 Å². The van der Waals surface area contributed by atoms with Gasteiger partial charge in [-0.05, 0) is 12.8 Å². The molecule has 2 atom stereocenters. The van der Waals surface area contributed by atoms with Crippen LogP contribution in [0.2, 0.25) is 0 Å². The second-order valence-electron chi connectivity index (χ2n) is 3.57. The van der Waals surface area contributed by atoms with Gasteiger partial charge in [0, 0.05) is 24.7 Å². The second-order valence-corrected chi connectivity index (χ2v) is 3.57. The summed E-state index contributed by atoms with van der Waals surface area (Å²) in [6, 6.07) is 0. The Hall–Kier alpha value is -1.19. The van der Waals surface area contributed by atoms with Crippen LogP contribution in [0, 0.1) is 11.8 Å². The highest BCUT2D eigenvalue weighted by molar-refractivity contribution is 5.84. The third kappa shape index (κ3) is 4.72. The minimum Gasteiger partial charge on any atom is -0.481 e. The number of Topliss-reactive ketones (excluding diaryl/α,β-unsaturated/α-hetero) is 1. The molecule has 0 spiro atoms. The van der Waals surface area contributed by atoms with Crippen molar-refractivity contribution in [2.24, 2.45) is 11.8 Å². The second kappa shape index (κ2) is 7.15. The molecule has 15 heavy (non-hydrogen) atoms. The van der Waals surface area contributed by atoms with Crippen molar-refractivity contribution in [1.29, 1.82) is 0 Å². The molecule has 0 aromatic rings. The van der Waals surface area contributed by atoms with Crippen molar-refractivity contribution < 1.29 is 19.5 Å². The van der Waals surface area contributed by atoms with E-state index in [1.807, 2.05) is 6.92 Å². The number of ketones is 1. The Kier molecular flexibility index (Phi) is 6.58. The van der Waals surface area contributed by atoms with Crippen LogP contribution in [0.25, 0.3) is 0 Å². The summed E-state index contributed by atoms with van der Waals surface area (Å²) in [5, 5.41) is 8.54. The lowest BCUT2D eigenvalue weighted by molar-refractivity contribution is -0.138. The summed E-state index contributed by atoms with van der Waals surface area (Å²) in [4.78, 5) is 32.7. The average molecular weight is 214 g/mol. The molecule has 0 radical (unpaired) electrons. The van der Waals surface area contributed by atoms with Crippen molar-refractivity contribution >= 4 is 18.0 Å². The number of aliphatic carboxylic acids is 1. The minimum absolute atomic E-state index is 0.0183. The van der Waals surface area contributed by atoms with E-state index >= 15 is 0 Å². The SMILES string of the molecule is CCC(=O)C(CCC(=O)O)C(C=O)CC. The Labute approximate surface area is 89.7 Å². The maximum absolute atomic E-state index is 11.5. The molecule has 0 aromatic heterocycles. The molecule has 1 N–H and O–H groups in total. The molecule has 0 saturated carbocycles.